The second-order valence-electron chi connectivity index (χ2n) is 11.0. The van der Waals surface area contributed by atoms with E-state index in [2.05, 4.69) is 6.08 Å². The van der Waals surface area contributed by atoms with Gasteiger partial charge in [-0.25, -0.2) is 0 Å². The van der Waals surface area contributed by atoms with Gasteiger partial charge in [0.2, 0.25) is 0 Å². The standard InChI is InChI=1S/C27H44O3/c28-25(21-11-7-10-19-8-1-2-9-20(19)18-21)14-5-6-15-26(29)24-16-17-27(30)23-13-4-3-12-22(23)24/h11,19-20,22-26,28-29H,1-10,12-18H2. The molecule has 0 aromatic rings. The average molecular weight is 417 g/mol. The summed E-state index contributed by atoms with van der Waals surface area (Å²) in [6, 6.07) is 0. The molecule has 7 unspecified atom stereocenters. The van der Waals surface area contributed by atoms with Crippen molar-refractivity contribution in [2.45, 2.75) is 121 Å². The Labute approximate surface area is 183 Å². The number of carbonyl (C=O) groups excluding carboxylic acids is 1. The van der Waals surface area contributed by atoms with Crippen molar-refractivity contribution in [1.82, 2.24) is 0 Å². The molecular formula is C27H44O3. The molecule has 0 amide bonds. The fourth-order valence-electron chi connectivity index (χ4n) is 7.42. The maximum Gasteiger partial charge on any atom is 0.136 e. The third-order valence-electron chi connectivity index (χ3n) is 9.17. The Morgan fingerprint density at radius 1 is 0.867 bits per heavy atom. The number of carbonyl (C=O) groups is 1. The first kappa shape index (κ1) is 22.5. The van der Waals surface area contributed by atoms with Crippen molar-refractivity contribution in [3.8, 4) is 0 Å². The molecule has 0 aromatic carbocycles. The van der Waals surface area contributed by atoms with Gasteiger partial charge in [0.25, 0.3) is 0 Å². The predicted octanol–water partition coefficient (Wildman–Crippen LogP) is 5.97. The van der Waals surface area contributed by atoms with Gasteiger partial charge < -0.3 is 10.2 Å². The summed E-state index contributed by atoms with van der Waals surface area (Å²) in [6.45, 7) is 0. The summed E-state index contributed by atoms with van der Waals surface area (Å²) in [5.41, 5.74) is 1.31. The average Bonchev–Trinajstić information content (AvgIpc) is 2.99. The molecule has 7 atom stereocenters. The molecule has 3 saturated carbocycles. The van der Waals surface area contributed by atoms with E-state index in [0.717, 1.165) is 69.6 Å². The number of Topliss-reactive ketones (excluding diaryl/α,β-unsaturated/α-hetero) is 1. The van der Waals surface area contributed by atoms with Gasteiger partial charge in [0, 0.05) is 12.3 Å². The zero-order chi connectivity index (χ0) is 20.9. The van der Waals surface area contributed by atoms with Crippen LogP contribution >= 0.6 is 0 Å². The number of hydrogen-bond acceptors (Lipinski definition) is 3. The van der Waals surface area contributed by atoms with Crippen LogP contribution in [-0.2, 0) is 4.79 Å². The van der Waals surface area contributed by atoms with Gasteiger partial charge in [-0.2, -0.15) is 0 Å². The van der Waals surface area contributed by atoms with Crippen LogP contribution in [0.5, 0.6) is 0 Å². The van der Waals surface area contributed by atoms with Crippen LogP contribution in [0.1, 0.15) is 109 Å². The quantitative estimate of drug-likeness (QED) is 0.397. The van der Waals surface area contributed by atoms with Crippen LogP contribution < -0.4 is 0 Å². The van der Waals surface area contributed by atoms with E-state index < -0.39 is 0 Å². The lowest BCUT2D eigenvalue weighted by molar-refractivity contribution is -0.132. The van der Waals surface area contributed by atoms with Crippen molar-refractivity contribution in [2.24, 2.45) is 29.6 Å². The molecule has 0 saturated heterocycles. The molecule has 0 radical (unpaired) electrons. The van der Waals surface area contributed by atoms with Gasteiger partial charge in [0.15, 0.2) is 0 Å². The minimum absolute atomic E-state index is 0.236. The Kier molecular flexibility index (Phi) is 8.08. The number of fused-ring (bicyclic) bond motifs is 2. The Hall–Kier alpha value is -0.670. The molecule has 0 aliphatic heterocycles. The zero-order valence-corrected chi connectivity index (χ0v) is 18.9. The Morgan fingerprint density at radius 2 is 1.60 bits per heavy atom. The van der Waals surface area contributed by atoms with Gasteiger partial charge in [-0.3, -0.25) is 4.79 Å². The summed E-state index contributed by atoms with van der Waals surface area (Å²) in [4.78, 5) is 12.3. The minimum atomic E-state index is -0.280. The minimum Gasteiger partial charge on any atom is -0.393 e. The van der Waals surface area contributed by atoms with Gasteiger partial charge in [-0.1, -0.05) is 51.0 Å². The third-order valence-corrected chi connectivity index (χ3v) is 9.17. The van der Waals surface area contributed by atoms with Crippen molar-refractivity contribution in [2.75, 3.05) is 0 Å². The van der Waals surface area contributed by atoms with E-state index in [0.29, 0.717) is 24.0 Å². The summed E-state index contributed by atoms with van der Waals surface area (Å²) < 4.78 is 0. The summed E-state index contributed by atoms with van der Waals surface area (Å²) >= 11 is 0. The van der Waals surface area contributed by atoms with Crippen LogP contribution in [0.4, 0.5) is 0 Å². The van der Waals surface area contributed by atoms with Crippen LogP contribution in [0.25, 0.3) is 0 Å². The van der Waals surface area contributed by atoms with Crippen LogP contribution in [-0.4, -0.2) is 28.2 Å². The highest BCUT2D eigenvalue weighted by molar-refractivity contribution is 5.82. The number of aliphatic hydroxyl groups is 2. The maximum atomic E-state index is 12.3. The van der Waals surface area contributed by atoms with Crippen molar-refractivity contribution in [3.63, 3.8) is 0 Å². The Balaban J connectivity index is 1.20. The molecule has 4 aliphatic rings. The largest absolute Gasteiger partial charge is 0.393 e. The first-order valence-corrected chi connectivity index (χ1v) is 13.2. The molecule has 170 valence electrons. The maximum absolute atomic E-state index is 12.3. The Bertz CT molecular complexity index is 597. The monoisotopic (exact) mass is 416 g/mol. The second kappa shape index (κ2) is 10.8. The number of ketones is 1. The lowest BCUT2D eigenvalue weighted by atomic mass is 9.63. The highest BCUT2D eigenvalue weighted by Crippen LogP contribution is 2.44. The second-order valence-corrected chi connectivity index (χ2v) is 11.0. The molecule has 0 spiro atoms. The van der Waals surface area contributed by atoms with Gasteiger partial charge >= 0.3 is 0 Å². The zero-order valence-electron chi connectivity index (χ0n) is 18.9. The number of unbranched alkanes of at least 4 members (excludes halogenated alkanes) is 1. The highest BCUT2D eigenvalue weighted by Gasteiger charge is 2.42. The topological polar surface area (TPSA) is 57.5 Å². The summed E-state index contributed by atoms with van der Waals surface area (Å²) in [7, 11) is 0. The van der Waals surface area contributed by atoms with Gasteiger partial charge in [0.1, 0.15) is 5.78 Å². The molecule has 0 heterocycles. The van der Waals surface area contributed by atoms with E-state index in [-0.39, 0.29) is 18.1 Å². The molecule has 3 heteroatoms. The number of aliphatic hydroxyl groups excluding tert-OH is 2. The van der Waals surface area contributed by atoms with Crippen LogP contribution in [0.3, 0.4) is 0 Å². The van der Waals surface area contributed by atoms with Crippen molar-refractivity contribution in [1.29, 1.82) is 0 Å². The fourth-order valence-corrected chi connectivity index (χ4v) is 7.42. The normalized spacial score (nSPS) is 36.8. The molecular weight excluding hydrogens is 372 g/mol. The lowest BCUT2D eigenvalue weighted by Gasteiger charge is -2.42. The van der Waals surface area contributed by atoms with E-state index in [1.807, 2.05) is 0 Å². The molecule has 4 aliphatic carbocycles. The fraction of sp³-hybridized carbons (Fsp3) is 0.889. The van der Waals surface area contributed by atoms with Crippen molar-refractivity contribution < 1.29 is 15.0 Å². The molecule has 0 aromatic heterocycles. The SMILES string of the molecule is O=C1CCC(C(O)CCCCC(O)C2=CCCC3CCCCC3C2)C2CCCCC12. The number of allylic oxidation sites excluding steroid dienone is 1. The molecule has 3 fully saturated rings. The van der Waals surface area contributed by atoms with Crippen LogP contribution in [0.2, 0.25) is 0 Å². The number of hydrogen-bond donors (Lipinski definition) is 2. The summed E-state index contributed by atoms with van der Waals surface area (Å²) in [5, 5.41) is 21.7. The lowest BCUT2D eigenvalue weighted by Crippen LogP contribution is -2.42. The summed E-state index contributed by atoms with van der Waals surface area (Å²) in [5.74, 6) is 3.15. The molecule has 4 rings (SSSR count). The van der Waals surface area contributed by atoms with Gasteiger partial charge in [-0.15, -0.1) is 0 Å². The van der Waals surface area contributed by atoms with Crippen LogP contribution in [0.15, 0.2) is 11.6 Å². The molecule has 0 bridgehead atoms. The van der Waals surface area contributed by atoms with E-state index >= 15 is 0 Å². The van der Waals surface area contributed by atoms with Crippen molar-refractivity contribution in [3.05, 3.63) is 11.6 Å². The van der Waals surface area contributed by atoms with E-state index in [4.69, 9.17) is 0 Å². The highest BCUT2D eigenvalue weighted by atomic mass is 16.3. The first-order chi connectivity index (χ1) is 14.6. The van der Waals surface area contributed by atoms with Gasteiger partial charge in [-0.05, 0) is 87.0 Å². The van der Waals surface area contributed by atoms with E-state index in [1.54, 1.807) is 0 Å². The van der Waals surface area contributed by atoms with Gasteiger partial charge in [0.05, 0.1) is 12.2 Å². The number of rotatable bonds is 7. The van der Waals surface area contributed by atoms with Crippen molar-refractivity contribution >= 4 is 5.78 Å². The smallest absolute Gasteiger partial charge is 0.136 e. The molecule has 3 nitrogen and oxygen atoms in total. The van der Waals surface area contributed by atoms with E-state index in [9.17, 15) is 15.0 Å². The van der Waals surface area contributed by atoms with Crippen LogP contribution in [0, 0.1) is 29.6 Å². The molecule has 2 N–H and O–H groups in total. The first-order valence-electron chi connectivity index (χ1n) is 13.2. The summed E-state index contributed by atoms with van der Waals surface area (Å²) in [6.07, 6.45) is 20.7. The van der Waals surface area contributed by atoms with E-state index in [1.165, 1.54) is 50.5 Å². The third kappa shape index (κ3) is 5.38. The Morgan fingerprint density at radius 3 is 2.47 bits per heavy atom. The molecule has 30 heavy (non-hydrogen) atoms. The predicted molar refractivity (Wildman–Crippen MR) is 121 cm³/mol.